The lowest BCUT2D eigenvalue weighted by Crippen LogP contribution is -2.29. The third-order valence-electron chi connectivity index (χ3n) is 6.05. The van der Waals surface area contributed by atoms with Gasteiger partial charge >= 0.3 is 0 Å². The van der Waals surface area contributed by atoms with Crippen molar-refractivity contribution in [3.63, 3.8) is 0 Å². The first kappa shape index (κ1) is 27.1. The molecule has 1 amide bonds. The number of methoxy groups -OCH3 is 1. The van der Waals surface area contributed by atoms with Gasteiger partial charge in [0.2, 0.25) is 0 Å². The minimum absolute atomic E-state index is 0.0744. The van der Waals surface area contributed by atoms with Crippen LogP contribution >= 0.6 is 24.0 Å². The van der Waals surface area contributed by atoms with Crippen LogP contribution in [-0.4, -0.2) is 51.8 Å². The third kappa shape index (κ3) is 6.69. The predicted molar refractivity (Wildman–Crippen MR) is 155 cm³/mol. The van der Waals surface area contributed by atoms with E-state index in [0.717, 1.165) is 46.7 Å². The van der Waals surface area contributed by atoms with E-state index in [0.29, 0.717) is 34.9 Å². The molecule has 0 bridgehead atoms. The fraction of sp³-hybridized carbons (Fsp3) is 0.345. The second-order valence-electron chi connectivity index (χ2n) is 9.40. The summed E-state index contributed by atoms with van der Waals surface area (Å²) >= 11 is 6.83. The number of hydrogen-bond acceptors (Lipinski definition) is 6. The van der Waals surface area contributed by atoms with Crippen LogP contribution in [0, 0.1) is 12.8 Å². The normalized spacial score (nSPS) is 14.8. The lowest BCUT2D eigenvalue weighted by Gasteiger charge is -2.13. The van der Waals surface area contributed by atoms with Crippen molar-refractivity contribution in [2.24, 2.45) is 5.92 Å². The van der Waals surface area contributed by atoms with Crippen molar-refractivity contribution in [1.82, 2.24) is 14.7 Å². The van der Waals surface area contributed by atoms with Gasteiger partial charge in [0, 0.05) is 37.6 Å². The zero-order valence-corrected chi connectivity index (χ0v) is 23.4. The number of thioether (sulfide) groups is 1. The molecule has 0 spiro atoms. The molecule has 194 valence electrons. The predicted octanol–water partition coefficient (Wildman–Crippen LogP) is 6.51. The highest BCUT2D eigenvalue weighted by atomic mass is 32.2. The van der Waals surface area contributed by atoms with E-state index < -0.39 is 0 Å². The Labute approximate surface area is 228 Å². The fourth-order valence-electron chi connectivity index (χ4n) is 3.99. The number of ether oxygens (including phenoxy) is 2. The van der Waals surface area contributed by atoms with E-state index in [-0.39, 0.29) is 5.91 Å². The van der Waals surface area contributed by atoms with Crippen LogP contribution in [-0.2, 0) is 9.53 Å². The maximum Gasteiger partial charge on any atom is 0.266 e. The number of carbonyl (C=O) groups is 1. The number of thiocarbonyl (C=S) groups is 1. The zero-order valence-electron chi connectivity index (χ0n) is 21.8. The molecule has 1 saturated heterocycles. The Bertz CT molecular complexity index is 1280. The van der Waals surface area contributed by atoms with Crippen molar-refractivity contribution in [2.75, 3.05) is 26.9 Å². The first-order chi connectivity index (χ1) is 17.9. The average Bonchev–Trinajstić information content (AvgIpc) is 3.42. The minimum atomic E-state index is -0.0744. The number of carbonyl (C=O) groups excluding carboxylic acids is 1. The minimum Gasteiger partial charge on any atom is -0.493 e. The molecule has 0 radical (unpaired) electrons. The van der Waals surface area contributed by atoms with Gasteiger partial charge in [0.1, 0.15) is 15.8 Å². The van der Waals surface area contributed by atoms with Crippen LogP contribution in [0.4, 0.5) is 0 Å². The molecule has 0 N–H and O–H groups in total. The van der Waals surface area contributed by atoms with Crippen molar-refractivity contribution in [3.8, 4) is 22.7 Å². The maximum absolute atomic E-state index is 13.2. The summed E-state index contributed by atoms with van der Waals surface area (Å²) in [6.07, 6.45) is 5.61. The van der Waals surface area contributed by atoms with E-state index in [4.69, 9.17) is 26.8 Å². The van der Waals surface area contributed by atoms with Crippen LogP contribution in [0.25, 0.3) is 23.0 Å². The number of nitrogens with zero attached hydrogens (tertiary/aromatic N) is 3. The van der Waals surface area contributed by atoms with Crippen LogP contribution < -0.4 is 4.74 Å². The molecule has 8 heteroatoms. The number of para-hydroxylation sites is 1. The molecule has 0 saturated carbocycles. The molecule has 3 aromatic rings. The van der Waals surface area contributed by atoms with Crippen LogP contribution in [0.5, 0.6) is 5.75 Å². The van der Waals surface area contributed by atoms with Gasteiger partial charge in [0.05, 0.1) is 17.2 Å². The first-order valence-electron chi connectivity index (χ1n) is 12.5. The summed E-state index contributed by atoms with van der Waals surface area (Å²) in [5, 5.41) is 4.92. The van der Waals surface area contributed by atoms with E-state index in [1.807, 2.05) is 66.3 Å². The SMILES string of the molecule is COCCCN1C(=O)/C(=C/c2cn(-c3ccccc3)nc2-c2ccc(OCCC(C)C)c(C)c2)SC1=S. The molecule has 0 unspecified atom stereocenters. The van der Waals surface area contributed by atoms with E-state index in [1.54, 1.807) is 12.0 Å². The summed E-state index contributed by atoms with van der Waals surface area (Å²) in [6, 6.07) is 16.1. The summed E-state index contributed by atoms with van der Waals surface area (Å²) in [4.78, 5) is 15.4. The van der Waals surface area contributed by atoms with Gasteiger partial charge in [-0.15, -0.1) is 0 Å². The molecule has 1 aliphatic rings. The Hall–Kier alpha value is -2.94. The van der Waals surface area contributed by atoms with E-state index in [1.165, 1.54) is 11.8 Å². The molecule has 2 aromatic carbocycles. The lowest BCUT2D eigenvalue weighted by molar-refractivity contribution is -0.122. The van der Waals surface area contributed by atoms with Gasteiger partial charge in [-0.25, -0.2) is 4.68 Å². The topological polar surface area (TPSA) is 56.6 Å². The van der Waals surface area contributed by atoms with Gasteiger partial charge in [-0.3, -0.25) is 9.69 Å². The largest absolute Gasteiger partial charge is 0.493 e. The second-order valence-corrected chi connectivity index (χ2v) is 11.1. The molecule has 1 aliphatic heterocycles. The summed E-state index contributed by atoms with van der Waals surface area (Å²) in [6.45, 7) is 8.25. The number of hydrogen-bond donors (Lipinski definition) is 0. The Morgan fingerprint density at radius 2 is 1.92 bits per heavy atom. The Morgan fingerprint density at radius 1 is 1.14 bits per heavy atom. The quantitative estimate of drug-likeness (QED) is 0.158. The monoisotopic (exact) mass is 535 g/mol. The highest BCUT2D eigenvalue weighted by Gasteiger charge is 2.32. The Balaban J connectivity index is 1.67. The second kappa shape index (κ2) is 12.5. The lowest BCUT2D eigenvalue weighted by atomic mass is 10.0. The highest BCUT2D eigenvalue weighted by molar-refractivity contribution is 8.26. The van der Waals surface area contributed by atoms with E-state index >= 15 is 0 Å². The van der Waals surface area contributed by atoms with Gasteiger partial charge in [0.25, 0.3) is 5.91 Å². The molecule has 2 heterocycles. The van der Waals surface area contributed by atoms with Gasteiger partial charge in [-0.1, -0.05) is 56.0 Å². The summed E-state index contributed by atoms with van der Waals surface area (Å²) in [5.41, 5.74) is 4.61. The fourth-order valence-corrected chi connectivity index (χ4v) is 5.29. The van der Waals surface area contributed by atoms with E-state index in [2.05, 4.69) is 19.9 Å². The summed E-state index contributed by atoms with van der Waals surface area (Å²) in [7, 11) is 1.65. The molecule has 0 atom stereocenters. The summed E-state index contributed by atoms with van der Waals surface area (Å²) < 4.78 is 13.6. The highest BCUT2D eigenvalue weighted by Crippen LogP contribution is 2.35. The molecular weight excluding hydrogens is 502 g/mol. The van der Waals surface area contributed by atoms with Crippen molar-refractivity contribution in [1.29, 1.82) is 0 Å². The molecule has 1 fully saturated rings. The number of aryl methyl sites for hydroxylation is 1. The van der Waals surface area contributed by atoms with Crippen LogP contribution in [0.15, 0.2) is 59.6 Å². The van der Waals surface area contributed by atoms with Gasteiger partial charge in [0.15, 0.2) is 0 Å². The van der Waals surface area contributed by atoms with Gasteiger partial charge in [-0.05, 0) is 67.7 Å². The van der Waals surface area contributed by atoms with Crippen molar-refractivity contribution >= 4 is 40.3 Å². The van der Waals surface area contributed by atoms with Crippen LogP contribution in [0.1, 0.15) is 37.8 Å². The number of aromatic nitrogens is 2. The van der Waals surface area contributed by atoms with Crippen molar-refractivity contribution in [3.05, 3.63) is 70.8 Å². The number of amides is 1. The Kier molecular flexibility index (Phi) is 9.18. The molecule has 6 nitrogen and oxygen atoms in total. The first-order valence-corrected chi connectivity index (χ1v) is 13.7. The smallest absolute Gasteiger partial charge is 0.266 e. The van der Waals surface area contributed by atoms with Crippen LogP contribution in [0.2, 0.25) is 0 Å². The Morgan fingerprint density at radius 3 is 2.62 bits per heavy atom. The molecule has 37 heavy (non-hydrogen) atoms. The third-order valence-corrected chi connectivity index (χ3v) is 7.43. The number of benzene rings is 2. The summed E-state index contributed by atoms with van der Waals surface area (Å²) in [5.74, 6) is 1.40. The maximum atomic E-state index is 13.2. The molecule has 0 aliphatic carbocycles. The molecular formula is C29H33N3O3S2. The number of rotatable bonds is 11. The van der Waals surface area contributed by atoms with Crippen molar-refractivity contribution < 1.29 is 14.3 Å². The zero-order chi connectivity index (χ0) is 26.4. The van der Waals surface area contributed by atoms with Crippen molar-refractivity contribution in [2.45, 2.75) is 33.6 Å². The van der Waals surface area contributed by atoms with Gasteiger partial charge < -0.3 is 9.47 Å². The standard InChI is InChI=1S/C29H33N3O3S2/c1-20(2)13-16-35-25-12-11-22(17-21(25)3)27-23(19-32(30-27)24-9-6-5-7-10-24)18-26-28(33)31(29(36)37-26)14-8-15-34-4/h5-7,9-12,17-20H,8,13-16H2,1-4H3/b26-18-. The average molecular weight is 536 g/mol. The molecule has 1 aromatic heterocycles. The van der Waals surface area contributed by atoms with Gasteiger partial charge in [-0.2, -0.15) is 5.10 Å². The van der Waals surface area contributed by atoms with Crippen LogP contribution in [0.3, 0.4) is 0 Å². The van der Waals surface area contributed by atoms with E-state index in [9.17, 15) is 4.79 Å². The molecule has 4 rings (SSSR count).